The fraction of sp³-hybridized carbons (Fsp3) is 0.875. The van der Waals surface area contributed by atoms with E-state index in [0.29, 0.717) is 6.61 Å². The molecule has 1 aliphatic heterocycles. The van der Waals surface area contributed by atoms with Crippen LogP contribution >= 0.6 is 0 Å². The largest absolute Gasteiger partial charge is 0.465 e. The first-order valence-electron chi connectivity index (χ1n) is 7.69. The maximum atomic E-state index is 12.9. The minimum atomic E-state index is -0.717. The minimum absolute atomic E-state index is 0.0735. The third-order valence-corrected chi connectivity index (χ3v) is 4.08. The molecule has 1 heterocycles. The smallest absolute Gasteiger partial charge is 0.319 e. The van der Waals surface area contributed by atoms with E-state index in [1.54, 1.807) is 6.92 Å². The molecule has 1 aliphatic rings. The zero-order valence-electron chi connectivity index (χ0n) is 13.7. The predicted molar refractivity (Wildman–Crippen MR) is 79.2 cm³/mol. The number of nitrogens with zero attached hydrogens (tertiary/aromatic N) is 1. The van der Waals surface area contributed by atoms with Crippen LogP contribution in [0.2, 0.25) is 0 Å². The fourth-order valence-electron chi connectivity index (χ4n) is 3.06. The Hall–Kier alpha value is -1.06. The number of rotatable bonds is 3. The lowest BCUT2D eigenvalue weighted by Crippen LogP contribution is -2.54. The summed E-state index contributed by atoms with van der Waals surface area (Å²) in [6, 6.07) is 0.399. The van der Waals surface area contributed by atoms with Gasteiger partial charge < -0.3 is 9.64 Å². The zero-order chi connectivity index (χ0) is 15.5. The van der Waals surface area contributed by atoms with Gasteiger partial charge in [-0.15, -0.1) is 0 Å². The van der Waals surface area contributed by atoms with E-state index in [4.69, 9.17) is 4.74 Å². The SMILES string of the molecule is CCOC(=O)C(C(=O)N1C(C)CCCC1C)C(C)(C)C. The van der Waals surface area contributed by atoms with E-state index in [1.807, 2.05) is 25.7 Å². The van der Waals surface area contributed by atoms with Gasteiger partial charge in [0.15, 0.2) is 0 Å². The Bertz CT molecular complexity index is 349. The van der Waals surface area contributed by atoms with Crippen LogP contribution in [0.25, 0.3) is 0 Å². The summed E-state index contributed by atoms with van der Waals surface area (Å²) in [6.45, 7) is 12.0. The van der Waals surface area contributed by atoms with Crippen molar-refractivity contribution in [3.05, 3.63) is 0 Å². The first-order valence-corrected chi connectivity index (χ1v) is 7.69. The lowest BCUT2D eigenvalue weighted by molar-refractivity contribution is -0.163. The molecule has 0 aromatic carbocycles. The van der Waals surface area contributed by atoms with Gasteiger partial charge in [0, 0.05) is 12.1 Å². The second-order valence-electron chi connectivity index (χ2n) is 6.93. The molecule has 1 rings (SSSR count). The molecule has 3 atom stereocenters. The molecule has 116 valence electrons. The van der Waals surface area contributed by atoms with E-state index >= 15 is 0 Å². The molecule has 3 unspecified atom stereocenters. The fourth-order valence-corrected chi connectivity index (χ4v) is 3.06. The highest BCUT2D eigenvalue weighted by atomic mass is 16.5. The van der Waals surface area contributed by atoms with Crippen LogP contribution in [-0.2, 0) is 14.3 Å². The van der Waals surface area contributed by atoms with Gasteiger partial charge in [0.25, 0.3) is 0 Å². The third-order valence-electron chi connectivity index (χ3n) is 4.08. The molecule has 0 aromatic heterocycles. The van der Waals surface area contributed by atoms with Gasteiger partial charge in [-0.3, -0.25) is 9.59 Å². The summed E-state index contributed by atoms with van der Waals surface area (Å²) in [4.78, 5) is 27.0. The normalized spacial score (nSPS) is 25.2. The molecule has 0 N–H and O–H groups in total. The maximum Gasteiger partial charge on any atom is 0.319 e. The first kappa shape index (κ1) is 17.0. The molecule has 1 fully saturated rings. The number of esters is 1. The highest BCUT2D eigenvalue weighted by molar-refractivity contribution is 5.98. The standard InChI is InChI=1S/C16H29NO3/c1-7-20-15(19)13(16(4,5)6)14(18)17-11(2)9-8-10-12(17)3/h11-13H,7-10H2,1-6H3. The van der Waals surface area contributed by atoms with Crippen LogP contribution in [0.15, 0.2) is 0 Å². The Balaban J connectivity index is 3.01. The van der Waals surface area contributed by atoms with Gasteiger partial charge >= 0.3 is 5.97 Å². The van der Waals surface area contributed by atoms with Crippen molar-refractivity contribution in [1.82, 2.24) is 4.90 Å². The van der Waals surface area contributed by atoms with Crippen LogP contribution in [0.1, 0.15) is 60.8 Å². The molecule has 4 heteroatoms. The van der Waals surface area contributed by atoms with Gasteiger partial charge in [0.2, 0.25) is 5.91 Å². The number of amides is 1. The van der Waals surface area contributed by atoms with E-state index < -0.39 is 17.3 Å². The van der Waals surface area contributed by atoms with E-state index in [-0.39, 0.29) is 18.0 Å². The summed E-state index contributed by atoms with van der Waals surface area (Å²) in [6.07, 6.45) is 3.16. The number of hydrogen-bond acceptors (Lipinski definition) is 3. The second kappa shape index (κ2) is 6.59. The third kappa shape index (κ3) is 3.74. The number of hydrogen-bond donors (Lipinski definition) is 0. The van der Waals surface area contributed by atoms with Crippen molar-refractivity contribution in [2.45, 2.75) is 72.9 Å². The lowest BCUT2D eigenvalue weighted by atomic mass is 9.78. The molecule has 0 aromatic rings. The lowest BCUT2D eigenvalue weighted by Gasteiger charge is -2.42. The molecular weight excluding hydrogens is 254 g/mol. The topological polar surface area (TPSA) is 46.6 Å². The number of carbonyl (C=O) groups excluding carboxylic acids is 2. The van der Waals surface area contributed by atoms with Gasteiger partial charge in [-0.1, -0.05) is 20.8 Å². The van der Waals surface area contributed by atoms with Gasteiger partial charge in [-0.2, -0.15) is 0 Å². The molecule has 0 aliphatic carbocycles. The van der Waals surface area contributed by atoms with Crippen LogP contribution in [-0.4, -0.2) is 35.5 Å². The summed E-state index contributed by atoms with van der Waals surface area (Å²) in [5.74, 6) is -1.18. The van der Waals surface area contributed by atoms with Crippen molar-refractivity contribution >= 4 is 11.9 Å². The molecule has 0 bridgehead atoms. The van der Waals surface area contributed by atoms with E-state index in [1.165, 1.54) is 0 Å². The number of carbonyl (C=O) groups is 2. The summed E-state index contributed by atoms with van der Waals surface area (Å²) >= 11 is 0. The Labute approximate surface area is 122 Å². The average Bonchev–Trinajstić information content (AvgIpc) is 2.26. The molecule has 1 saturated heterocycles. The van der Waals surface area contributed by atoms with Crippen molar-refractivity contribution < 1.29 is 14.3 Å². The maximum absolute atomic E-state index is 12.9. The minimum Gasteiger partial charge on any atom is -0.465 e. The number of likely N-dealkylation sites (tertiary alicyclic amines) is 1. The summed E-state index contributed by atoms with van der Waals surface area (Å²) < 4.78 is 5.13. The van der Waals surface area contributed by atoms with E-state index in [9.17, 15) is 9.59 Å². The van der Waals surface area contributed by atoms with Crippen LogP contribution in [0, 0.1) is 11.3 Å². The zero-order valence-corrected chi connectivity index (χ0v) is 13.7. The average molecular weight is 283 g/mol. The van der Waals surface area contributed by atoms with Crippen LogP contribution in [0.4, 0.5) is 0 Å². The first-order chi connectivity index (χ1) is 9.20. The second-order valence-corrected chi connectivity index (χ2v) is 6.93. The van der Waals surface area contributed by atoms with Crippen molar-refractivity contribution in [2.24, 2.45) is 11.3 Å². The monoisotopic (exact) mass is 283 g/mol. The number of piperidine rings is 1. The highest BCUT2D eigenvalue weighted by Crippen LogP contribution is 2.33. The quantitative estimate of drug-likeness (QED) is 0.591. The Morgan fingerprint density at radius 3 is 2.10 bits per heavy atom. The van der Waals surface area contributed by atoms with Gasteiger partial charge in [0.1, 0.15) is 5.92 Å². The summed E-state index contributed by atoms with van der Waals surface area (Å²) in [7, 11) is 0. The Morgan fingerprint density at radius 1 is 1.20 bits per heavy atom. The molecular formula is C16H29NO3. The molecule has 0 spiro atoms. The van der Waals surface area contributed by atoms with Crippen LogP contribution in [0.3, 0.4) is 0 Å². The van der Waals surface area contributed by atoms with Crippen LogP contribution in [0.5, 0.6) is 0 Å². The summed E-state index contributed by atoms with van der Waals surface area (Å²) in [5, 5.41) is 0. The van der Waals surface area contributed by atoms with Gasteiger partial charge in [-0.05, 0) is 45.4 Å². The van der Waals surface area contributed by atoms with Crippen molar-refractivity contribution in [1.29, 1.82) is 0 Å². The molecule has 1 amide bonds. The van der Waals surface area contributed by atoms with Crippen molar-refractivity contribution in [2.75, 3.05) is 6.61 Å². The van der Waals surface area contributed by atoms with Crippen molar-refractivity contribution in [3.63, 3.8) is 0 Å². The molecule has 0 radical (unpaired) electrons. The van der Waals surface area contributed by atoms with Gasteiger partial charge in [-0.25, -0.2) is 0 Å². The molecule has 4 nitrogen and oxygen atoms in total. The Kier molecular flexibility index (Phi) is 5.60. The molecule has 0 saturated carbocycles. The van der Waals surface area contributed by atoms with Gasteiger partial charge in [0.05, 0.1) is 6.61 Å². The van der Waals surface area contributed by atoms with E-state index in [2.05, 4.69) is 13.8 Å². The number of ether oxygens (including phenoxy) is 1. The van der Waals surface area contributed by atoms with Crippen molar-refractivity contribution in [3.8, 4) is 0 Å². The van der Waals surface area contributed by atoms with E-state index in [0.717, 1.165) is 19.3 Å². The summed E-state index contributed by atoms with van der Waals surface area (Å²) in [5.41, 5.74) is -0.430. The molecule has 20 heavy (non-hydrogen) atoms. The predicted octanol–water partition coefficient (Wildman–Crippen LogP) is 3.00. The van der Waals surface area contributed by atoms with Crippen LogP contribution < -0.4 is 0 Å². The highest BCUT2D eigenvalue weighted by Gasteiger charge is 2.44. The Morgan fingerprint density at radius 2 is 1.70 bits per heavy atom.